The van der Waals surface area contributed by atoms with Crippen molar-refractivity contribution in [3.63, 3.8) is 0 Å². The summed E-state index contributed by atoms with van der Waals surface area (Å²) in [6, 6.07) is 1.53. The predicted octanol–water partition coefficient (Wildman–Crippen LogP) is 2.89. The van der Waals surface area contributed by atoms with Crippen LogP contribution in [0.3, 0.4) is 0 Å². The van der Waals surface area contributed by atoms with Gasteiger partial charge in [-0.15, -0.1) is 0 Å². The van der Waals surface area contributed by atoms with Gasteiger partial charge in [-0.05, 0) is 67.9 Å². The molecular formula is C17H30N2. The second kappa shape index (κ2) is 3.98. The molecule has 0 amide bonds. The van der Waals surface area contributed by atoms with Crippen molar-refractivity contribution in [1.82, 2.24) is 10.2 Å². The molecule has 2 aliphatic carbocycles. The van der Waals surface area contributed by atoms with Gasteiger partial charge in [-0.1, -0.05) is 20.8 Å². The SMILES string of the molecule is CC12CCC(C1)C(C)(C)C2NC1CN2CCC1CC2. The Morgan fingerprint density at radius 1 is 1.05 bits per heavy atom. The normalized spacial score (nSPS) is 54.8. The third-order valence-corrected chi connectivity index (χ3v) is 7.31. The molecular weight excluding hydrogens is 232 g/mol. The van der Waals surface area contributed by atoms with Crippen LogP contribution < -0.4 is 5.32 Å². The lowest BCUT2D eigenvalue weighted by Gasteiger charge is -2.51. The van der Waals surface area contributed by atoms with Crippen molar-refractivity contribution in [3.05, 3.63) is 0 Å². The standard InChI is InChI=1S/C17H30N2/c1-16(2)13-4-7-17(3,10-13)15(16)18-14-11-19-8-5-12(14)6-9-19/h12-15,18H,4-11H2,1-3H3. The Balaban J connectivity index is 1.53. The van der Waals surface area contributed by atoms with Gasteiger partial charge in [-0.25, -0.2) is 0 Å². The Labute approximate surface area is 118 Å². The Morgan fingerprint density at radius 3 is 2.32 bits per heavy atom. The van der Waals surface area contributed by atoms with Crippen molar-refractivity contribution in [2.45, 2.75) is 65.0 Å². The van der Waals surface area contributed by atoms with Crippen molar-refractivity contribution >= 4 is 0 Å². The van der Waals surface area contributed by atoms with E-state index in [-0.39, 0.29) is 0 Å². The predicted molar refractivity (Wildman–Crippen MR) is 79.1 cm³/mol. The molecule has 5 fully saturated rings. The van der Waals surface area contributed by atoms with Crippen LogP contribution in [0.25, 0.3) is 0 Å². The van der Waals surface area contributed by atoms with Crippen molar-refractivity contribution < 1.29 is 0 Å². The molecule has 0 aromatic heterocycles. The van der Waals surface area contributed by atoms with E-state index in [1.54, 1.807) is 0 Å². The number of fused-ring (bicyclic) bond motifs is 5. The molecule has 3 aliphatic heterocycles. The summed E-state index contributed by atoms with van der Waals surface area (Å²) >= 11 is 0. The molecule has 0 aromatic rings. The van der Waals surface area contributed by atoms with Crippen molar-refractivity contribution in [3.8, 4) is 0 Å². The first-order valence-electron chi connectivity index (χ1n) is 8.47. The molecule has 3 heterocycles. The second-order valence-electron chi connectivity index (χ2n) is 8.76. The fourth-order valence-electron chi connectivity index (χ4n) is 6.09. The van der Waals surface area contributed by atoms with Crippen LogP contribution in [0.4, 0.5) is 0 Å². The van der Waals surface area contributed by atoms with E-state index in [2.05, 4.69) is 31.0 Å². The Kier molecular flexibility index (Phi) is 2.65. The summed E-state index contributed by atoms with van der Waals surface area (Å²) < 4.78 is 0. The summed E-state index contributed by atoms with van der Waals surface area (Å²) in [7, 11) is 0. The summed E-state index contributed by atoms with van der Waals surface area (Å²) in [6.45, 7) is 11.6. The van der Waals surface area contributed by atoms with E-state index in [1.165, 1.54) is 51.7 Å². The van der Waals surface area contributed by atoms with Gasteiger partial charge in [0.25, 0.3) is 0 Å². The summed E-state index contributed by atoms with van der Waals surface area (Å²) in [5.41, 5.74) is 1.10. The molecule has 0 radical (unpaired) electrons. The zero-order valence-electron chi connectivity index (χ0n) is 12.9. The van der Waals surface area contributed by atoms with Gasteiger partial charge in [0.15, 0.2) is 0 Å². The highest BCUT2D eigenvalue weighted by Crippen LogP contribution is 2.62. The highest BCUT2D eigenvalue weighted by atomic mass is 15.2. The smallest absolute Gasteiger partial charge is 0.0227 e. The van der Waals surface area contributed by atoms with Crippen LogP contribution >= 0.6 is 0 Å². The van der Waals surface area contributed by atoms with E-state index in [1.807, 2.05) is 0 Å². The average Bonchev–Trinajstić information content (AvgIpc) is 2.87. The molecule has 19 heavy (non-hydrogen) atoms. The van der Waals surface area contributed by atoms with E-state index < -0.39 is 0 Å². The number of nitrogens with one attached hydrogen (secondary N) is 1. The van der Waals surface area contributed by atoms with Crippen LogP contribution in [0.15, 0.2) is 0 Å². The minimum atomic E-state index is 0.513. The fraction of sp³-hybridized carbons (Fsp3) is 1.00. The largest absolute Gasteiger partial charge is 0.309 e. The zero-order valence-corrected chi connectivity index (χ0v) is 12.9. The molecule has 3 saturated heterocycles. The van der Waals surface area contributed by atoms with Gasteiger partial charge in [0.1, 0.15) is 0 Å². The minimum absolute atomic E-state index is 0.513. The third-order valence-electron chi connectivity index (χ3n) is 7.31. The summed E-state index contributed by atoms with van der Waals surface area (Å²) in [6.07, 6.45) is 7.27. The van der Waals surface area contributed by atoms with Gasteiger partial charge in [-0.3, -0.25) is 0 Å². The molecule has 5 rings (SSSR count). The number of hydrogen-bond acceptors (Lipinski definition) is 2. The maximum Gasteiger partial charge on any atom is 0.0227 e. The molecule has 4 atom stereocenters. The van der Waals surface area contributed by atoms with Crippen LogP contribution in [0.5, 0.6) is 0 Å². The van der Waals surface area contributed by atoms with Crippen LogP contribution in [0.1, 0.15) is 52.9 Å². The monoisotopic (exact) mass is 262 g/mol. The highest BCUT2D eigenvalue weighted by molar-refractivity contribution is 5.13. The molecule has 4 bridgehead atoms. The highest BCUT2D eigenvalue weighted by Gasteiger charge is 2.59. The molecule has 0 spiro atoms. The van der Waals surface area contributed by atoms with Gasteiger partial charge in [0.2, 0.25) is 0 Å². The Morgan fingerprint density at radius 2 is 1.79 bits per heavy atom. The Bertz CT molecular complexity index is 365. The fourth-order valence-corrected chi connectivity index (χ4v) is 6.09. The van der Waals surface area contributed by atoms with E-state index in [4.69, 9.17) is 0 Å². The first-order valence-corrected chi connectivity index (χ1v) is 8.47. The van der Waals surface area contributed by atoms with E-state index >= 15 is 0 Å². The van der Waals surface area contributed by atoms with Crippen LogP contribution in [0, 0.1) is 22.7 Å². The van der Waals surface area contributed by atoms with Crippen LogP contribution in [-0.4, -0.2) is 36.6 Å². The first-order chi connectivity index (χ1) is 8.99. The number of piperidine rings is 3. The van der Waals surface area contributed by atoms with E-state index in [0.717, 1.165) is 23.9 Å². The van der Waals surface area contributed by atoms with Crippen molar-refractivity contribution in [1.29, 1.82) is 0 Å². The second-order valence-corrected chi connectivity index (χ2v) is 8.76. The summed E-state index contributed by atoms with van der Waals surface area (Å²) in [4.78, 5) is 2.68. The molecule has 0 aromatic carbocycles. The van der Waals surface area contributed by atoms with Gasteiger partial charge in [-0.2, -0.15) is 0 Å². The van der Waals surface area contributed by atoms with E-state index in [9.17, 15) is 0 Å². The van der Waals surface area contributed by atoms with Crippen molar-refractivity contribution in [2.24, 2.45) is 22.7 Å². The van der Waals surface area contributed by atoms with Crippen molar-refractivity contribution in [2.75, 3.05) is 19.6 Å². The minimum Gasteiger partial charge on any atom is -0.309 e. The molecule has 4 unspecified atom stereocenters. The first kappa shape index (κ1) is 12.6. The molecule has 2 nitrogen and oxygen atoms in total. The molecule has 1 N–H and O–H groups in total. The molecule has 2 heteroatoms. The number of hydrogen-bond donors (Lipinski definition) is 1. The maximum atomic E-state index is 4.17. The van der Waals surface area contributed by atoms with Gasteiger partial charge < -0.3 is 10.2 Å². The zero-order chi connectivity index (χ0) is 13.3. The molecule has 5 aliphatic rings. The van der Waals surface area contributed by atoms with Crippen LogP contribution in [-0.2, 0) is 0 Å². The Hall–Kier alpha value is -0.0800. The van der Waals surface area contributed by atoms with Gasteiger partial charge in [0.05, 0.1) is 0 Å². The maximum absolute atomic E-state index is 4.17. The lowest BCUT2D eigenvalue weighted by atomic mass is 9.67. The number of rotatable bonds is 2. The van der Waals surface area contributed by atoms with Crippen LogP contribution in [0.2, 0.25) is 0 Å². The lowest BCUT2D eigenvalue weighted by Crippen LogP contribution is -2.62. The van der Waals surface area contributed by atoms with Gasteiger partial charge >= 0.3 is 0 Å². The summed E-state index contributed by atoms with van der Waals surface area (Å²) in [5, 5.41) is 4.17. The molecule has 108 valence electrons. The van der Waals surface area contributed by atoms with Gasteiger partial charge in [0, 0.05) is 18.6 Å². The topological polar surface area (TPSA) is 15.3 Å². The average molecular weight is 262 g/mol. The lowest BCUT2D eigenvalue weighted by molar-refractivity contribution is 0.0296. The third kappa shape index (κ3) is 1.75. The quantitative estimate of drug-likeness (QED) is 0.823. The number of nitrogens with zero attached hydrogens (tertiary/aromatic N) is 1. The summed E-state index contributed by atoms with van der Waals surface area (Å²) in [5.74, 6) is 1.93. The molecule has 2 saturated carbocycles. The van der Waals surface area contributed by atoms with E-state index in [0.29, 0.717) is 10.8 Å².